The van der Waals surface area contributed by atoms with Gasteiger partial charge in [-0.1, -0.05) is 50.3 Å². The normalized spacial score (nSPS) is 11.5. The van der Waals surface area contributed by atoms with E-state index in [2.05, 4.69) is 55.2 Å². The van der Waals surface area contributed by atoms with Crippen LogP contribution in [-0.2, 0) is 6.54 Å². The van der Waals surface area contributed by atoms with Gasteiger partial charge in [-0.2, -0.15) is 0 Å². The SMILES string of the molecule is CC=Cc1ccc(CN(CC)CC)cc1. The Hall–Kier alpha value is -1.08. The quantitative estimate of drug-likeness (QED) is 0.707. The highest BCUT2D eigenvalue weighted by molar-refractivity contribution is 5.49. The highest BCUT2D eigenvalue weighted by Crippen LogP contribution is 2.08. The molecule has 15 heavy (non-hydrogen) atoms. The maximum absolute atomic E-state index is 2.42. The molecule has 1 nitrogen and oxygen atoms in total. The van der Waals surface area contributed by atoms with Gasteiger partial charge in [0, 0.05) is 6.54 Å². The molecular weight excluding hydrogens is 182 g/mol. The number of rotatable bonds is 5. The summed E-state index contributed by atoms with van der Waals surface area (Å²) in [5.74, 6) is 0. The third-order valence-electron chi connectivity index (χ3n) is 2.64. The predicted molar refractivity (Wildman–Crippen MR) is 67.8 cm³/mol. The zero-order chi connectivity index (χ0) is 11.1. The van der Waals surface area contributed by atoms with Gasteiger partial charge in [0.25, 0.3) is 0 Å². The minimum atomic E-state index is 1.06. The van der Waals surface area contributed by atoms with Gasteiger partial charge in [0.15, 0.2) is 0 Å². The summed E-state index contributed by atoms with van der Waals surface area (Å²) < 4.78 is 0. The largest absolute Gasteiger partial charge is 0.300 e. The standard InChI is InChI=1S/C14H21N/c1-4-7-13-8-10-14(11-9-13)12-15(5-2)6-3/h4,7-11H,5-6,12H2,1-3H3. The first-order valence-electron chi connectivity index (χ1n) is 5.74. The van der Waals surface area contributed by atoms with Crippen LogP contribution in [0.15, 0.2) is 30.3 Å². The van der Waals surface area contributed by atoms with Gasteiger partial charge in [0.1, 0.15) is 0 Å². The van der Waals surface area contributed by atoms with E-state index in [-0.39, 0.29) is 0 Å². The molecule has 0 aliphatic rings. The molecule has 0 saturated carbocycles. The monoisotopic (exact) mass is 203 g/mol. The first kappa shape index (κ1) is 12.0. The molecule has 0 atom stereocenters. The van der Waals surface area contributed by atoms with Crippen molar-refractivity contribution in [3.8, 4) is 0 Å². The van der Waals surface area contributed by atoms with Crippen molar-refractivity contribution >= 4 is 6.08 Å². The third-order valence-corrected chi connectivity index (χ3v) is 2.64. The molecule has 0 aliphatic heterocycles. The third kappa shape index (κ3) is 3.88. The molecule has 1 aromatic rings. The summed E-state index contributed by atoms with van der Waals surface area (Å²) in [4.78, 5) is 2.42. The molecule has 0 amide bonds. The van der Waals surface area contributed by atoms with Crippen LogP contribution >= 0.6 is 0 Å². The summed E-state index contributed by atoms with van der Waals surface area (Å²) in [7, 11) is 0. The van der Waals surface area contributed by atoms with Gasteiger partial charge in [0.05, 0.1) is 0 Å². The highest BCUT2D eigenvalue weighted by Gasteiger charge is 1.99. The minimum Gasteiger partial charge on any atom is -0.300 e. The highest BCUT2D eigenvalue weighted by atomic mass is 15.1. The molecule has 1 aromatic carbocycles. The minimum absolute atomic E-state index is 1.06. The van der Waals surface area contributed by atoms with Gasteiger partial charge in [-0.05, 0) is 31.1 Å². The Morgan fingerprint density at radius 2 is 1.67 bits per heavy atom. The van der Waals surface area contributed by atoms with Crippen LogP contribution < -0.4 is 0 Å². The van der Waals surface area contributed by atoms with Gasteiger partial charge in [-0.15, -0.1) is 0 Å². The fraction of sp³-hybridized carbons (Fsp3) is 0.429. The van der Waals surface area contributed by atoms with Crippen LogP contribution in [0.2, 0.25) is 0 Å². The summed E-state index contributed by atoms with van der Waals surface area (Å²) in [5.41, 5.74) is 2.67. The Morgan fingerprint density at radius 1 is 1.07 bits per heavy atom. The molecule has 0 heterocycles. The Balaban J connectivity index is 2.63. The van der Waals surface area contributed by atoms with Gasteiger partial charge in [-0.25, -0.2) is 0 Å². The van der Waals surface area contributed by atoms with Crippen LogP contribution in [0.25, 0.3) is 6.08 Å². The topological polar surface area (TPSA) is 3.24 Å². The molecule has 1 rings (SSSR count). The van der Waals surface area contributed by atoms with Crippen LogP contribution in [-0.4, -0.2) is 18.0 Å². The lowest BCUT2D eigenvalue weighted by molar-refractivity contribution is 0.296. The van der Waals surface area contributed by atoms with Crippen molar-refractivity contribution in [1.29, 1.82) is 0 Å². The maximum atomic E-state index is 2.42. The summed E-state index contributed by atoms with van der Waals surface area (Å²) in [6.07, 6.45) is 4.20. The predicted octanol–water partition coefficient (Wildman–Crippen LogP) is 3.56. The van der Waals surface area contributed by atoms with Crippen LogP contribution in [0.5, 0.6) is 0 Å². The molecule has 0 spiro atoms. The first-order chi connectivity index (χ1) is 7.30. The number of hydrogen-bond donors (Lipinski definition) is 0. The van der Waals surface area contributed by atoms with E-state index < -0.39 is 0 Å². The lowest BCUT2D eigenvalue weighted by atomic mass is 10.1. The molecule has 1 heteroatoms. The molecule has 0 bridgehead atoms. The molecule has 0 N–H and O–H groups in total. The van der Waals surface area contributed by atoms with Crippen molar-refractivity contribution in [2.75, 3.05) is 13.1 Å². The number of hydrogen-bond acceptors (Lipinski definition) is 1. The summed E-state index contributed by atoms with van der Waals surface area (Å²) >= 11 is 0. The van der Waals surface area contributed by atoms with E-state index in [0.717, 1.165) is 19.6 Å². The smallest absolute Gasteiger partial charge is 0.0233 e. The van der Waals surface area contributed by atoms with Crippen LogP contribution in [0.1, 0.15) is 31.9 Å². The molecule has 82 valence electrons. The van der Waals surface area contributed by atoms with Crippen molar-refractivity contribution < 1.29 is 0 Å². The number of allylic oxidation sites excluding steroid dienone is 1. The Kier molecular flexibility index (Phi) is 5.13. The van der Waals surface area contributed by atoms with Gasteiger partial charge >= 0.3 is 0 Å². The fourth-order valence-corrected chi connectivity index (χ4v) is 1.63. The average Bonchev–Trinajstić information content (AvgIpc) is 2.28. The second kappa shape index (κ2) is 6.41. The summed E-state index contributed by atoms with van der Waals surface area (Å²) in [6, 6.07) is 8.79. The van der Waals surface area contributed by atoms with Crippen LogP contribution in [0.4, 0.5) is 0 Å². The molecule has 0 saturated heterocycles. The lowest BCUT2D eigenvalue weighted by Crippen LogP contribution is -2.21. The van der Waals surface area contributed by atoms with Gasteiger partial charge in [-0.3, -0.25) is 4.90 Å². The van der Waals surface area contributed by atoms with Crippen molar-refractivity contribution in [2.24, 2.45) is 0 Å². The van der Waals surface area contributed by atoms with Crippen molar-refractivity contribution in [2.45, 2.75) is 27.3 Å². The van der Waals surface area contributed by atoms with E-state index >= 15 is 0 Å². The fourth-order valence-electron chi connectivity index (χ4n) is 1.63. The lowest BCUT2D eigenvalue weighted by Gasteiger charge is -2.17. The summed E-state index contributed by atoms with van der Waals surface area (Å²) in [5, 5.41) is 0. The summed E-state index contributed by atoms with van der Waals surface area (Å²) in [6.45, 7) is 9.75. The Bertz CT molecular complexity index is 294. The Labute approximate surface area is 93.4 Å². The van der Waals surface area contributed by atoms with E-state index in [1.165, 1.54) is 11.1 Å². The molecule has 0 aromatic heterocycles. The van der Waals surface area contributed by atoms with E-state index in [1.807, 2.05) is 6.92 Å². The van der Waals surface area contributed by atoms with E-state index in [1.54, 1.807) is 0 Å². The van der Waals surface area contributed by atoms with Crippen LogP contribution in [0, 0.1) is 0 Å². The Morgan fingerprint density at radius 3 is 2.13 bits per heavy atom. The molecule has 0 unspecified atom stereocenters. The van der Waals surface area contributed by atoms with Crippen LogP contribution in [0.3, 0.4) is 0 Å². The second-order valence-corrected chi connectivity index (χ2v) is 3.70. The van der Waals surface area contributed by atoms with E-state index in [4.69, 9.17) is 0 Å². The zero-order valence-corrected chi connectivity index (χ0v) is 10.0. The van der Waals surface area contributed by atoms with Crippen molar-refractivity contribution in [3.05, 3.63) is 41.5 Å². The van der Waals surface area contributed by atoms with E-state index in [9.17, 15) is 0 Å². The molecular formula is C14H21N. The second-order valence-electron chi connectivity index (χ2n) is 3.70. The first-order valence-corrected chi connectivity index (χ1v) is 5.74. The molecule has 0 radical (unpaired) electrons. The van der Waals surface area contributed by atoms with Crippen molar-refractivity contribution in [1.82, 2.24) is 4.90 Å². The molecule has 0 fully saturated rings. The van der Waals surface area contributed by atoms with Gasteiger partial charge in [0.2, 0.25) is 0 Å². The maximum Gasteiger partial charge on any atom is 0.0233 e. The number of benzene rings is 1. The zero-order valence-electron chi connectivity index (χ0n) is 10.0. The van der Waals surface area contributed by atoms with Gasteiger partial charge < -0.3 is 0 Å². The van der Waals surface area contributed by atoms with E-state index in [0.29, 0.717) is 0 Å². The molecule has 0 aliphatic carbocycles. The number of nitrogens with zero attached hydrogens (tertiary/aromatic N) is 1. The average molecular weight is 203 g/mol. The van der Waals surface area contributed by atoms with Crippen molar-refractivity contribution in [3.63, 3.8) is 0 Å².